The smallest absolute Gasteiger partial charge is 0.120 e. The lowest BCUT2D eigenvalue weighted by Crippen LogP contribution is -1.96. The Morgan fingerprint density at radius 2 is 2.00 bits per heavy atom. The summed E-state index contributed by atoms with van der Waals surface area (Å²) in [5.74, 6) is 0.920. The van der Waals surface area contributed by atoms with Crippen molar-refractivity contribution in [2.24, 2.45) is 0 Å². The molecule has 0 bridgehead atoms. The zero-order valence-electron chi connectivity index (χ0n) is 9.39. The van der Waals surface area contributed by atoms with E-state index in [2.05, 4.69) is 24.0 Å². The number of hydrogen-bond acceptors (Lipinski definition) is 2. The Kier molecular flexibility index (Phi) is 3.54. The van der Waals surface area contributed by atoms with Gasteiger partial charge in [0.2, 0.25) is 0 Å². The highest BCUT2D eigenvalue weighted by Crippen LogP contribution is 2.15. The van der Waals surface area contributed by atoms with Gasteiger partial charge in [-0.3, -0.25) is 4.98 Å². The second-order valence-electron chi connectivity index (χ2n) is 3.65. The molecular weight excluding hydrogens is 198 g/mol. The van der Waals surface area contributed by atoms with Crippen molar-refractivity contribution in [2.45, 2.75) is 20.0 Å². The Labute approximate surface area is 95.9 Å². The predicted octanol–water partition coefficient (Wildman–Crippen LogP) is 3.22. The van der Waals surface area contributed by atoms with Crippen LogP contribution in [0.1, 0.15) is 18.1 Å². The fourth-order valence-corrected chi connectivity index (χ4v) is 1.51. The van der Waals surface area contributed by atoms with E-state index in [-0.39, 0.29) is 0 Å². The molecule has 82 valence electrons. The molecular formula is C14H15NO. The average molecular weight is 213 g/mol. The highest BCUT2D eigenvalue weighted by Gasteiger charge is 1.96. The van der Waals surface area contributed by atoms with Crippen molar-refractivity contribution in [3.63, 3.8) is 0 Å². The maximum atomic E-state index is 5.69. The van der Waals surface area contributed by atoms with Gasteiger partial charge in [-0.15, -0.1) is 0 Å². The molecule has 1 aromatic heterocycles. The van der Waals surface area contributed by atoms with Crippen LogP contribution in [0, 0.1) is 0 Å². The van der Waals surface area contributed by atoms with E-state index in [0.29, 0.717) is 6.61 Å². The molecule has 2 heteroatoms. The van der Waals surface area contributed by atoms with Crippen LogP contribution in [0.5, 0.6) is 5.75 Å². The highest BCUT2D eigenvalue weighted by atomic mass is 16.5. The summed E-state index contributed by atoms with van der Waals surface area (Å²) in [5.41, 5.74) is 2.38. The van der Waals surface area contributed by atoms with Crippen molar-refractivity contribution < 1.29 is 4.74 Å². The Morgan fingerprint density at radius 3 is 2.75 bits per heavy atom. The molecule has 0 saturated heterocycles. The van der Waals surface area contributed by atoms with Crippen LogP contribution < -0.4 is 4.74 Å². The van der Waals surface area contributed by atoms with Crippen LogP contribution in [-0.2, 0) is 13.0 Å². The molecule has 0 spiro atoms. The van der Waals surface area contributed by atoms with Gasteiger partial charge in [-0.1, -0.05) is 25.1 Å². The van der Waals surface area contributed by atoms with Gasteiger partial charge in [0.1, 0.15) is 12.4 Å². The van der Waals surface area contributed by atoms with Gasteiger partial charge in [0.05, 0.1) is 0 Å². The van der Waals surface area contributed by atoms with E-state index < -0.39 is 0 Å². The number of pyridine rings is 1. The van der Waals surface area contributed by atoms with Crippen LogP contribution in [0.3, 0.4) is 0 Å². The third kappa shape index (κ3) is 2.83. The number of hydrogen-bond donors (Lipinski definition) is 0. The van der Waals surface area contributed by atoms with Crippen LogP contribution in [0.2, 0.25) is 0 Å². The Morgan fingerprint density at radius 1 is 1.12 bits per heavy atom. The first kappa shape index (κ1) is 10.7. The largest absolute Gasteiger partial charge is 0.489 e. The van der Waals surface area contributed by atoms with Crippen molar-refractivity contribution in [2.75, 3.05) is 0 Å². The maximum Gasteiger partial charge on any atom is 0.120 e. The molecule has 0 atom stereocenters. The van der Waals surface area contributed by atoms with Crippen molar-refractivity contribution in [3.05, 3.63) is 59.9 Å². The highest BCUT2D eigenvalue weighted by molar-refractivity contribution is 5.28. The first-order valence-electron chi connectivity index (χ1n) is 5.49. The minimum absolute atomic E-state index is 0.570. The number of aryl methyl sites for hydroxylation is 1. The van der Waals surface area contributed by atoms with Gasteiger partial charge in [-0.05, 0) is 30.2 Å². The van der Waals surface area contributed by atoms with Crippen molar-refractivity contribution in [1.82, 2.24) is 4.98 Å². The Balaban J connectivity index is 1.99. The fourth-order valence-electron chi connectivity index (χ4n) is 1.51. The molecule has 1 heterocycles. The second kappa shape index (κ2) is 5.31. The quantitative estimate of drug-likeness (QED) is 0.778. The van der Waals surface area contributed by atoms with E-state index in [0.717, 1.165) is 17.7 Å². The molecule has 0 aliphatic rings. The first-order valence-corrected chi connectivity index (χ1v) is 5.49. The van der Waals surface area contributed by atoms with E-state index in [1.807, 2.05) is 30.5 Å². The van der Waals surface area contributed by atoms with Crippen molar-refractivity contribution in [3.8, 4) is 5.75 Å². The maximum absolute atomic E-state index is 5.69. The summed E-state index contributed by atoms with van der Waals surface area (Å²) in [6, 6.07) is 12.1. The molecule has 2 rings (SSSR count). The van der Waals surface area contributed by atoms with Crippen molar-refractivity contribution in [1.29, 1.82) is 0 Å². The summed E-state index contributed by atoms with van der Waals surface area (Å²) in [7, 11) is 0. The van der Waals surface area contributed by atoms with Crippen LogP contribution in [-0.4, -0.2) is 4.98 Å². The predicted molar refractivity (Wildman–Crippen MR) is 64.4 cm³/mol. The molecule has 2 nitrogen and oxygen atoms in total. The molecule has 0 radical (unpaired) electrons. The van der Waals surface area contributed by atoms with Crippen molar-refractivity contribution >= 4 is 0 Å². The van der Waals surface area contributed by atoms with Gasteiger partial charge in [-0.2, -0.15) is 0 Å². The number of benzene rings is 1. The molecule has 1 aromatic carbocycles. The number of nitrogens with zero attached hydrogens (tertiary/aromatic N) is 1. The Hall–Kier alpha value is -1.83. The third-order valence-corrected chi connectivity index (χ3v) is 2.43. The third-order valence-electron chi connectivity index (χ3n) is 2.43. The fraction of sp³-hybridized carbons (Fsp3) is 0.214. The van der Waals surface area contributed by atoms with E-state index in [1.165, 1.54) is 5.56 Å². The monoisotopic (exact) mass is 213 g/mol. The number of ether oxygens (including phenoxy) is 1. The van der Waals surface area contributed by atoms with E-state index >= 15 is 0 Å². The van der Waals surface area contributed by atoms with Crippen LogP contribution in [0.25, 0.3) is 0 Å². The van der Waals surface area contributed by atoms with Crippen LogP contribution >= 0.6 is 0 Å². The molecule has 0 unspecified atom stereocenters. The molecule has 16 heavy (non-hydrogen) atoms. The lowest BCUT2D eigenvalue weighted by Gasteiger charge is -2.06. The van der Waals surface area contributed by atoms with Gasteiger partial charge in [0, 0.05) is 18.0 Å². The molecule has 0 aliphatic heterocycles. The molecule has 0 amide bonds. The second-order valence-corrected chi connectivity index (χ2v) is 3.65. The van der Waals surface area contributed by atoms with Crippen LogP contribution in [0.15, 0.2) is 48.8 Å². The van der Waals surface area contributed by atoms with Gasteiger partial charge in [0.25, 0.3) is 0 Å². The molecule has 0 saturated carbocycles. The molecule has 0 aliphatic carbocycles. The topological polar surface area (TPSA) is 22.1 Å². The molecule has 2 aromatic rings. The summed E-state index contributed by atoms with van der Waals surface area (Å²) in [6.07, 6.45) is 4.62. The SMILES string of the molecule is CCc1cccc(OCc2cccnc2)c1. The summed E-state index contributed by atoms with van der Waals surface area (Å²) in [5, 5.41) is 0. The minimum Gasteiger partial charge on any atom is -0.489 e. The van der Waals surface area contributed by atoms with Gasteiger partial charge >= 0.3 is 0 Å². The van der Waals surface area contributed by atoms with Gasteiger partial charge < -0.3 is 4.74 Å². The molecule has 0 fully saturated rings. The standard InChI is InChI=1S/C14H15NO/c1-2-12-5-3-7-14(9-12)16-11-13-6-4-8-15-10-13/h3-10H,2,11H2,1H3. The van der Waals surface area contributed by atoms with Gasteiger partial charge in [0.15, 0.2) is 0 Å². The van der Waals surface area contributed by atoms with E-state index in [9.17, 15) is 0 Å². The summed E-state index contributed by atoms with van der Waals surface area (Å²) < 4.78 is 5.69. The zero-order chi connectivity index (χ0) is 11.2. The first-order chi connectivity index (χ1) is 7.88. The number of rotatable bonds is 4. The summed E-state index contributed by atoms with van der Waals surface area (Å²) in [6.45, 7) is 2.71. The minimum atomic E-state index is 0.570. The van der Waals surface area contributed by atoms with Crippen LogP contribution in [0.4, 0.5) is 0 Å². The average Bonchev–Trinajstić information content (AvgIpc) is 2.38. The van der Waals surface area contributed by atoms with Gasteiger partial charge in [-0.25, -0.2) is 0 Å². The lowest BCUT2D eigenvalue weighted by molar-refractivity contribution is 0.305. The zero-order valence-corrected chi connectivity index (χ0v) is 9.39. The molecule has 0 N–H and O–H groups in total. The number of aromatic nitrogens is 1. The summed E-state index contributed by atoms with van der Waals surface area (Å²) in [4.78, 5) is 4.05. The van der Waals surface area contributed by atoms with E-state index in [1.54, 1.807) is 6.20 Å². The Bertz CT molecular complexity index is 439. The normalized spacial score (nSPS) is 10.1. The summed E-state index contributed by atoms with van der Waals surface area (Å²) >= 11 is 0. The van der Waals surface area contributed by atoms with E-state index in [4.69, 9.17) is 4.74 Å². The lowest BCUT2D eigenvalue weighted by atomic mass is 10.2.